The molecule has 0 saturated carbocycles. The van der Waals surface area contributed by atoms with Gasteiger partial charge in [0.15, 0.2) is 0 Å². The molecule has 1 aromatic rings. The van der Waals surface area contributed by atoms with Crippen LogP contribution in [0.4, 0.5) is 15.8 Å². The molecule has 20 heavy (non-hydrogen) atoms. The van der Waals surface area contributed by atoms with Crippen LogP contribution in [-0.2, 0) is 16.0 Å². The Morgan fingerprint density at radius 1 is 1.45 bits per heavy atom. The van der Waals surface area contributed by atoms with Gasteiger partial charge in [-0.1, -0.05) is 5.92 Å². The number of halogens is 1. The van der Waals surface area contributed by atoms with E-state index in [1.807, 2.05) is 0 Å². The van der Waals surface area contributed by atoms with E-state index in [0.717, 1.165) is 5.56 Å². The molecule has 0 spiro atoms. The van der Waals surface area contributed by atoms with E-state index in [4.69, 9.17) is 6.42 Å². The summed E-state index contributed by atoms with van der Waals surface area (Å²) in [5.41, 5.74) is 1.30. The van der Waals surface area contributed by atoms with Gasteiger partial charge in [-0.2, -0.15) is 0 Å². The molecule has 2 rings (SSSR count). The number of hydrogen-bond donors (Lipinski definition) is 3. The third-order valence-electron chi connectivity index (χ3n) is 2.88. The minimum absolute atomic E-state index is 0.00686. The molecule has 0 fully saturated rings. The average Bonchev–Trinajstić information content (AvgIpc) is 2.40. The van der Waals surface area contributed by atoms with E-state index in [1.165, 1.54) is 12.1 Å². The van der Waals surface area contributed by atoms with Gasteiger partial charge in [0.1, 0.15) is 5.82 Å². The second kappa shape index (κ2) is 6.17. The molecule has 1 heterocycles. The van der Waals surface area contributed by atoms with Crippen molar-refractivity contribution < 1.29 is 14.0 Å². The number of fused-ring (bicyclic) bond motifs is 1. The quantitative estimate of drug-likeness (QED) is 0.564. The first kappa shape index (κ1) is 14.0. The summed E-state index contributed by atoms with van der Waals surface area (Å²) in [4.78, 5) is 22.9. The summed E-state index contributed by atoms with van der Waals surface area (Å²) < 4.78 is 13.8. The Morgan fingerprint density at radius 3 is 3.00 bits per heavy atom. The van der Waals surface area contributed by atoms with E-state index in [9.17, 15) is 14.0 Å². The van der Waals surface area contributed by atoms with Gasteiger partial charge >= 0.3 is 0 Å². The normalized spacial score (nSPS) is 13.1. The number of aryl methyl sites for hydroxylation is 1. The average molecular weight is 275 g/mol. The number of amides is 2. The summed E-state index contributed by atoms with van der Waals surface area (Å²) in [5.74, 6) is 1.29. The van der Waals surface area contributed by atoms with Crippen molar-refractivity contribution >= 4 is 23.2 Å². The molecule has 0 radical (unpaired) electrons. The molecule has 0 unspecified atom stereocenters. The maximum atomic E-state index is 13.8. The fourth-order valence-corrected chi connectivity index (χ4v) is 1.94. The lowest BCUT2D eigenvalue weighted by atomic mass is 10.0. The Balaban J connectivity index is 2.08. The smallest absolute Gasteiger partial charge is 0.238 e. The molecule has 0 aliphatic carbocycles. The van der Waals surface area contributed by atoms with Crippen LogP contribution in [0.3, 0.4) is 0 Å². The van der Waals surface area contributed by atoms with Crippen LogP contribution in [0, 0.1) is 18.2 Å². The van der Waals surface area contributed by atoms with Gasteiger partial charge in [0.25, 0.3) is 0 Å². The fourth-order valence-electron chi connectivity index (χ4n) is 1.94. The van der Waals surface area contributed by atoms with Gasteiger partial charge in [0.05, 0.1) is 18.8 Å². The van der Waals surface area contributed by atoms with E-state index in [-0.39, 0.29) is 24.7 Å². The number of carbonyl (C=O) groups is 2. The van der Waals surface area contributed by atoms with Crippen LogP contribution in [0.25, 0.3) is 0 Å². The highest BCUT2D eigenvalue weighted by molar-refractivity contribution is 5.97. The first-order chi connectivity index (χ1) is 9.60. The molecule has 104 valence electrons. The van der Waals surface area contributed by atoms with Gasteiger partial charge in [-0.15, -0.1) is 6.42 Å². The van der Waals surface area contributed by atoms with Crippen LogP contribution in [0.15, 0.2) is 12.1 Å². The number of terminal acetylenes is 1. The number of carbonyl (C=O) groups excluding carboxylic acids is 2. The van der Waals surface area contributed by atoms with E-state index in [1.54, 1.807) is 0 Å². The molecular weight excluding hydrogens is 261 g/mol. The van der Waals surface area contributed by atoms with Crippen molar-refractivity contribution in [2.24, 2.45) is 0 Å². The highest BCUT2D eigenvalue weighted by atomic mass is 19.1. The molecule has 1 aliphatic heterocycles. The highest BCUT2D eigenvalue weighted by Crippen LogP contribution is 2.28. The van der Waals surface area contributed by atoms with Crippen LogP contribution < -0.4 is 16.0 Å². The Kier molecular flexibility index (Phi) is 4.33. The van der Waals surface area contributed by atoms with Crippen molar-refractivity contribution in [3.63, 3.8) is 0 Å². The zero-order valence-electron chi connectivity index (χ0n) is 10.8. The van der Waals surface area contributed by atoms with Crippen molar-refractivity contribution in [2.75, 3.05) is 23.7 Å². The van der Waals surface area contributed by atoms with Gasteiger partial charge in [-0.05, 0) is 24.1 Å². The van der Waals surface area contributed by atoms with E-state index in [0.29, 0.717) is 18.5 Å². The first-order valence-electron chi connectivity index (χ1n) is 6.16. The van der Waals surface area contributed by atoms with Gasteiger partial charge in [0, 0.05) is 12.1 Å². The topological polar surface area (TPSA) is 70.2 Å². The molecule has 1 aromatic carbocycles. The first-order valence-corrected chi connectivity index (χ1v) is 6.16. The number of anilines is 2. The Hall–Kier alpha value is -2.39. The molecule has 0 bridgehead atoms. The molecule has 5 nitrogen and oxygen atoms in total. The van der Waals surface area contributed by atoms with Crippen LogP contribution in [0.1, 0.15) is 12.0 Å². The van der Waals surface area contributed by atoms with Crippen molar-refractivity contribution in [2.45, 2.75) is 12.8 Å². The summed E-state index contributed by atoms with van der Waals surface area (Å²) in [6, 6.07) is 2.76. The minimum atomic E-state index is -0.523. The molecular formula is C14H14FN3O2. The van der Waals surface area contributed by atoms with Gasteiger partial charge in [-0.25, -0.2) is 4.39 Å². The van der Waals surface area contributed by atoms with Crippen LogP contribution >= 0.6 is 0 Å². The Bertz CT molecular complexity index is 593. The molecule has 3 N–H and O–H groups in total. The van der Waals surface area contributed by atoms with E-state index < -0.39 is 11.7 Å². The maximum absolute atomic E-state index is 13.8. The highest BCUT2D eigenvalue weighted by Gasteiger charge is 2.18. The summed E-state index contributed by atoms with van der Waals surface area (Å²) in [5, 5.41) is 7.80. The second-order valence-electron chi connectivity index (χ2n) is 4.39. The largest absolute Gasteiger partial charge is 0.326 e. The Morgan fingerprint density at radius 2 is 2.25 bits per heavy atom. The monoisotopic (exact) mass is 275 g/mol. The molecule has 2 amide bonds. The van der Waals surface area contributed by atoms with Crippen molar-refractivity contribution in [3.05, 3.63) is 23.5 Å². The summed E-state index contributed by atoms with van der Waals surface area (Å²) >= 11 is 0. The lowest BCUT2D eigenvalue weighted by Crippen LogP contribution is -2.28. The lowest BCUT2D eigenvalue weighted by molar-refractivity contribution is -0.116. The van der Waals surface area contributed by atoms with Crippen LogP contribution in [-0.4, -0.2) is 24.9 Å². The van der Waals surface area contributed by atoms with Crippen LogP contribution in [0.2, 0.25) is 0 Å². The standard InChI is InChI=1S/C14H14FN3O2/c1-2-5-16-8-14(20)18-12-7-11-9(6-10(12)15)3-4-13(19)17-11/h1,6-7,16H,3-5,8H2,(H,17,19)(H,18,20). The SMILES string of the molecule is C#CCNCC(=O)Nc1cc2c(cc1F)CCC(=O)N2. The number of rotatable bonds is 4. The predicted molar refractivity (Wildman–Crippen MR) is 73.7 cm³/mol. The third kappa shape index (κ3) is 3.33. The van der Waals surface area contributed by atoms with Gasteiger partial charge in [-0.3, -0.25) is 14.9 Å². The number of nitrogens with one attached hydrogen (secondary N) is 3. The third-order valence-corrected chi connectivity index (χ3v) is 2.88. The molecule has 6 heteroatoms. The second-order valence-corrected chi connectivity index (χ2v) is 4.39. The molecule has 1 aliphatic rings. The number of hydrogen-bond acceptors (Lipinski definition) is 3. The summed E-state index contributed by atoms with van der Waals surface area (Å²) in [6.07, 6.45) is 5.87. The lowest BCUT2D eigenvalue weighted by Gasteiger charge is -2.18. The summed E-state index contributed by atoms with van der Waals surface area (Å²) in [7, 11) is 0. The maximum Gasteiger partial charge on any atom is 0.238 e. The minimum Gasteiger partial charge on any atom is -0.326 e. The van der Waals surface area contributed by atoms with E-state index >= 15 is 0 Å². The molecule has 0 saturated heterocycles. The van der Waals surface area contributed by atoms with Crippen molar-refractivity contribution in [1.82, 2.24) is 5.32 Å². The zero-order chi connectivity index (χ0) is 14.5. The van der Waals surface area contributed by atoms with Crippen molar-refractivity contribution in [3.8, 4) is 12.3 Å². The van der Waals surface area contributed by atoms with E-state index in [2.05, 4.69) is 21.9 Å². The van der Waals surface area contributed by atoms with Crippen LogP contribution in [0.5, 0.6) is 0 Å². The van der Waals surface area contributed by atoms with Crippen molar-refractivity contribution in [1.29, 1.82) is 0 Å². The predicted octanol–water partition coefficient (Wildman–Crippen LogP) is 0.872. The zero-order valence-corrected chi connectivity index (χ0v) is 10.8. The molecule has 0 atom stereocenters. The number of benzene rings is 1. The van der Waals surface area contributed by atoms with Gasteiger partial charge in [0.2, 0.25) is 11.8 Å². The van der Waals surface area contributed by atoms with Gasteiger partial charge < -0.3 is 10.6 Å². The summed E-state index contributed by atoms with van der Waals surface area (Å²) in [6.45, 7) is 0.253. The fraction of sp³-hybridized carbons (Fsp3) is 0.286. The molecule has 0 aromatic heterocycles. The Labute approximate surface area is 115 Å².